The van der Waals surface area contributed by atoms with Crippen LogP contribution in [0.1, 0.15) is 40.9 Å². The summed E-state index contributed by atoms with van der Waals surface area (Å²) in [6.45, 7) is 4.00. The first-order chi connectivity index (χ1) is 18.8. The molecule has 0 saturated carbocycles. The van der Waals surface area contributed by atoms with Gasteiger partial charge in [0.15, 0.2) is 0 Å². The smallest absolute Gasteiger partial charge is 0.331 e. The van der Waals surface area contributed by atoms with E-state index in [4.69, 9.17) is 4.74 Å². The van der Waals surface area contributed by atoms with Crippen molar-refractivity contribution in [2.45, 2.75) is 32.9 Å². The van der Waals surface area contributed by atoms with Crippen molar-refractivity contribution in [3.8, 4) is 11.4 Å². The fourth-order valence-corrected chi connectivity index (χ4v) is 4.74. The molecular weight excluding hydrogens is 495 g/mol. The zero-order valence-electron chi connectivity index (χ0n) is 22.0. The minimum Gasteiger partial charge on any atom is -0.495 e. The number of ether oxygens (including phenoxy) is 1. The number of aryl methyl sites for hydroxylation is 1. The highest BCUT2D eigenvalue weighted by molar-refractivity contribution is 5.50. The van der Waals surface area contributed by atoms with Crippen LogP contribution in [0.4, 0.5) is 4.39 Å². The molecule has 0 N–H and O–H groups in total. The first-order valence-corrected chi connectivity index (χ1v) is 12.7. The molecule has 2 aromatic heterocycles. The van der Waals surface area contributed by atoms with Gasteiger partial charge in [0.05, 0.1) is 37.4 Å². The van der Waals surface area contributed by atoms with E-state index in [2.05, 4.69) is 4.98 Å². The lowest BCUT2D eigenvalue weighted by Crippen LogP contribution is -2.43. The second-order valence-electron chi connectivity index (χ2n) is 9.56. The third-order valence-electron chi connectivity index (χ3n) is 6.82. The molecule has 1 unspecified atom stereocenters. The van der Waals surface area contributed by atoms with Crippen LogP contribution in [0.5, 0.6) is 5.75 Å². The largest absolute Gasteiger partial charge is 0.495 e. The molecule has 0 aliphatic carbocycles. The Kier molecular flexibility index (Phi) is 7.27. The number of rotatable bonds is 8. The van der Waals surface area contributed by atoms with E-state index in [1.807, 2.05) is 66.2 Å². The summed E-state index contributed by atoms with van der Waals surface area (Å²) < 4.78 is 23.9. The van der Waals surface area contributed by atoms with E-state index < -0.39 is 11.7 Å². The van der Waals surface area contributed by atoms with Crippen LogP contribution in [-0.2, 0) is 13.0 Å². The van der Waals surface area contributed by atoms with Crippen LogP contribution < -0.4 is 16.0 Å². The molecule has 7 nitrogen and oxygen atoms in total. The summed E-state index contributed by atoms with van der Waals surface area (Å²) in [6.07, 6.45) is 5.57. The number of imidazole rings is 1. The van der Waals surface area contributed by atoms with Crippen LogP contribution in [-0.4, -0.2) is 25.8 Å². The summed E-state index contributed by atoms with van der Waals surface area (Å²) in [5.41, 5.74) is 3.84. The van der Waals surface area contributed by atoms with Crippen LogP contribution in [0, 0.1) is 12.7 Å². The zero-order valence-corrected chi connectivity index (χ0v) is 22.0. The Bertz CT molecular complexity index is 1720. The van der Waals surface area contributed by atoms with Crippen molar-refractivity contribution < 1.29 is 9.13 Å². The lowest BCUT2D eigenvalue weighted by molar-refractivity contribution is 0.412. The molecule has 1 atom stereocenters. The van der Waals surface area contributed by atoms with E-state index in [-0.39, 0.29) is 11.4 Å². The number of halogens is 1. The normalized spacial score (nSPS) is 11.9. The Labute approximate surface area is 225 Å². The highest BCUT2D eigenvalue weighted by Gasteiger charge is 2.19. The third-order valence-corrected chi connectivity index (χ3v) is 6.82. The summed E-state index contributed by atoms with van der Waals surface area (Å²) >= 11 is 0. The molecule has 0 amide bonds. The Morgan fingerprint density at radius 1 is 0.949 bits per heavy atom. The highest BCUT2D eigenvalue weighted by atomic mass is 19.1. The van der Waals surface area contributed by atoms with Crippen molar-refractivity contribution in [3.05, 3.63) is 146 Å². The molecule has 0 aliphatic heterocycles. The van der Waals surface area contributed by atoms with Gasteiger partial charge in [-0.2, -0.15) is 0 Å². The average Bonchev–Trinajstić information content (AvgIpc) is 3.38. The van der Waals surface area contributed by atoms with Crippen molar-refractivity contribution in [2.24, 2.45) is 0 Å². The molecule has 2 heterocycles. The molecule has 0 saturated heterocycles. The van der Waals surface area contributed by atoms with E-state index in [0.29, 0.717) is 29.8 Å². The van der Waals surface area contributed by atoms with E-state index >= 15 is 0 Å². The fourth-order valence-electron chi connectivity index (χ4n) is 4.74. The quantitative estimate of drug-likeness (QED) is 0.290. The summed E-state index contributed by atoms with van der Waals surface area (Å²) in [6, 6.07) is 20.6. The number of aromatic nitrogens is 4. The monoisotopic (exact) mass is 524 g/mol. The number of nitrogens with zero attached hydrogens (tertiary/aromatic N) is 4. The Hall–Kier alpha value is -4.72. The predicted molar refractivity (Wildman–Crippen MR) is 148 cm³/mol. The molecule has 0 spiro atoms. The number of benzene rings is 3. The average molecular weight is 525 g/mol. The van der Waals surface area contributed by atoms with Gasteiger partial charge in [0.1, 0.15) is 11.6 Å². The molecule has 8 heteroatoms. The SMILES string of the molecule is COc1cc(Cc2cn(Cc3ccccc3)c(=O)n(C(C)c3ccc(F)cc3)c2=O)ccc1-n1cnc(C)c1. The minimum absolute atomic E-state index is 0.295. The topological polar surface area (TPSA) is 71.0 Å². The Morgan fingerprint density at radius 3 is 2.36 bits per heavy atom. The van der Waals surface area contributed by atoms with Crippen LogP contribution >= 0.6 is 0 Å². The number of hydrogen-bond donors (Lipinski definition) is 0. The number of hydrogen-bond acceptors (Lipinski definition) is 4. The molecule has 3 aromatic carbocycles. The van der Waals surface area contributed by atoms with E-state index in [1.54, 1.807) is 43.3 Å². The maximum absolute atomic E-state index is 13.8. The fraction of sp³-hybridized carbons (Fsp3) is 0.194. The lowest BCUT2D eigenvalue weighted by atomic mass is 10.0. The van der Waals surface area contributed by atoms with Crippen LogP contribution in [0.25, 0.3) is 5.69 Å². The molecule has 5 rings (SSSR count). The Morgan fingerprint density at radius 2 is 1.69 bits per heavy atom. The maximum atomic E-state index is 13.8. The molecule has 0 bridgehead atoms. The summed E-state index contributed by atoms with van der Waals surface area (Å²) in [4.78, 5) is 31.7. The van der Waals surface area contributed by atoms with Gasteiger partial charge in [-0.3, -0.25) is 13.9 Å². The third kappa shape index (κ3) is 5.45. The molecule has 0 aliphatic rings. The standard InChI is InChI=1S/C31H29FN4O3/c1-21-17-35(20-33-21)28-14-9-24(16-29(28)39-3)15-26-19-34(18-23-7-5-4-6-8-23)31(38)36(30(26)37)22(2)25-10-12-27(32)13-11-25/h4-14,16-17,19-20,22H,15,18H2,1-3H3. The molecule has 0 fully saturated rings. The van der Waals surface area contributed by atoms with Gasteiger partial charge in [-0.1, -0.05) is 48.5 Å². The second-order valence-corrected chi connectivity index (χ2v) is 9.56. The number of methoxy groups -OCH3 is 1. The van der Waals surface area contributed by atoms with Crippen LogP contribution in [0.3, 0.4) is 0 Å². The van der Waals surface area contributed by atoms with E-state index in [0.717, 1.165) is 22.5 Å². The Balaban J connectivity index is 1.59. The van der Waals surface area contributed by atoms with Crippen molar-refractivity contribution in [3.63, 3.8) is 0 Å². The summed E-state index contributed by atoms with van der Waals surface area (Å²) in [7, 11) is 1.60. The van der Waals surface area contributed by atoms with Crippen LogP contribution in [0.2, 0.25) is 0 Å². The van der Waals surface area contributed by atoms with Gasteiger partial charge in [-0.05, 0) is 54.8 Å². The van der Waals surface area contributed by atoms with Gasteiger partial charge < -0.3 is 9.30 Å². The van der Waals surface area contributed by atoms with E-state index in [1.165, 1.54) is 16.7 Å². The van der Waals surface area contributed by atoms with Crippen molar-refractivity contribution >= 4 is 0 Å². The van der Waals surface area contributed by atoms with Gasteiger partial charge >= 0.3 is 5.69 Å². The van der Waals surface area contributed by atoms with Crippen molar-refractivity contribution in [2.75, 3.05) is 7.11 Å². The van der Waals surface area contributed by atoms with Gasteiger partial charge in [-0.25, -0.2) is 14.2 Å². The van der Waals surface area contributed by atoms with Gasteiger partial charge in [0.2, 0.25) is 0 Å². The highest BCUT2D eigenvalue weighted by Crippen LogP contribution is 2.25. The molecular formula is C31H29FN4O3. The predicted octanol–water partition coefficient (Wildman–Crippen LogP) is 4.90. The van der Waals surface area contributed by atoms with Crippen LogP contribution in [0.15, 0.2) is 101 Å². The maximum Gasteiger partial charge on any atom is 0.331 e. The molecule has 0 radical (unpaired) electrons. The minimum atomic E-state index is -0.589. The first kappa shape index (κ1) is 25.9. The lowest BCUT2D eigenvalue weighted by Gasteiger charge is -2.19. The second kappa shape index (κ2) is 10.9. The first-order valence-electron chi connectivity index (χ1n) is 12.7. The molecule has 5 aromatic rings. The summed E-state index contributed by atoms with van der Waals surface area (Å²) in [5, 5.41) is 0. The zero-order chi connectivity index (χ0) is 27.5. The van der Waals surface area contributed by atoms with Crippen molar-refractivity contribution in [1.82, 2.24) is 18.7 Å². The van der Waals surface area contributed by atoms with E-state index in [9.17, 15) is 14.0 Å². The van der Waals surface area contributed by atoms with Gasteiger partial charge in [-0.15, -0.1) is 0 Å². The van der Waals surface area contributed by atoms with Gasteiger partial charge in [0, 0.05) is 24.4 Å². The molecule has 39 heavy (non-hydrogen) atoms. The molecule has 198 valence electrons. The summed E-state index contributed by atoms with van der Waals surface area (Å²) in [5.74, 6) is 0.263. The van der Waals surface area contributed by atoms with Gasteiger partial charge in [0.25, 0.3) is 5.56 Å². The van der Waals surface area contributed by atoms with Crippen molar-refractivity contribution in [1.29, 1.82) is 0 Å².